The number of unbranched alkanes of at least 4 members (excludes halogenated alkanes) is 1. The lowest BCUT2D eigenvalue weighted by Gasteiger charge is -2.33. The van der Waals surface area contributed by atoms with Gasteiger partial charge in [0.05, 0.1) is 0 Å². The summed E-state index contributed by atoms with van der Waals surface area (Å²) in [5, 5.41) is 19.9. The molecule has 0 aromatic heterocycles. The zero-order valence-electron chi connectivity index (χ0n) is 23.1. The molecule has 6 heteroatoms. The summed E-state index contributed by atoms with van der Waals surface area (Å²) >= 11 is 0. The Bertz CT molecular complexity index is 963. The molecule has 204 valence electrons. The number of carboxylic acids is 1. The second-order valence-electron chi connectivity index (χ2n) is 10.6. The third kappa shape index (κ3) is 11.0. The molecule has 1 unspecified atom stereocenters. The predicted molar refractivity (Wildman–Crippen MR) is 151 cm³/mol. The number of para-hydroxylation sites is 1. The number of aliphatic hydroxyl groups is 1. The minimum absolute atomic E-state index is 0.173. The van der Waals surface area contributed by atoms with Crippen LogP contribution in [0.15, 0.2) is 48.5 Å². The Morgan fingerprint density at radius 1 is 1.03 bits per heavy atom. The zero-order valence-corrected chi connectivity index (χ0v) is 23.1. The molecule has 37 heavy (non-hydrogen) atoms. The molecule has 1 aliphatic rings. The standard InChI is InChI=1S/C27H38N2O.C4H8O3/c1-3-4-16-25(28-26(30)18-17-23-13-7-5-8-14-23)21-24-15-11-12-22(2)27(24)29-19-9-6-10-20-29;1-4(2,7)3(5)6/h5,7-8,11-15,25H,3-4,6,9-10,16-21H2,1-2H3,(H,28,30);7H,1-2H3,(H,5,6). The average Bonchev–Trinajstić information content (AvgIpc) is 2.87. The number of nitrogens with zero attached hydrogens (tertiary/aromatic N) is 1. The lowest BCUT2D eigenvalue weighted by molar-refractivity contribution is -0.154. The molecule has 0 saturated carbocycles. The number of carbonyl (C=O) groups excluding carboxylic acids is 1. The maximum Gasteiger partial charge on any atom is 0.335 e. The van der Waals surface area contributed by atoms with Gasteiger partial charge in [-0.15, -0.1) is 0 Å². The first-order valence-corrected chi connectivity index (χ1v) is 13.7. The van der Waals surface area contributed by atoms with Gasteiger partial charge in [-0.3, -0.25) is 4.79 Å². The van der Waals surface area contributed by atoms with Crippen LogP contribution in [-0.2, 0) is 22.4 Å². The van der Waals surface area contributed by atoms with E-state index >= 15 is 0 Å². The third-order valence-electron chi connectivity index (χ3n) is 6.74. The van der Waals surface area contributed by atoms with Gasteiger partial charge < -0.3 is 20.4 Å². The molecule has 2 aromatic carbocycles. The van der Waals surface area contributed by atoms with Gasteiger partial charge in [-0.1, -0.05) is 68.3 Å². The fourth-order valence-electron chi connectivity index (χ4n) is 4.60. The number of aliphatic carboxylic acids is 1. The van der Waals surface area contributed by atoms with Gasteiger partial charge in [0.1, 0.15) is 0 Å². The van der Waals surface area contributed by atoms with E-state index < -0.39 is 11.6 Å². The number of carboxylic acid groups (broad SMARTS) is 1. The van der Waals surface area contributed by atoms with Crippen molar-refractivity contribution in [2.45, 2.75) is 97.1 Å². The molecule has 1 amide bonds. The summed E-state index contributed by atoms with van der Waals surface area (Å²) in [5.74, 6) is -1.03. The van der Waals surface area contributed by atoms with Gasteiger partial charge in [-0.25, -0.2) is 4.79 Å². The number of anilines is 1. The Morgan fingerprint density at radius 3 is 2.27 bits per heavy atom. The molecule has 1 fully saturated rings. The van der Waals surface area contributed by atoms with Gasteiger partial charge in [0.25, 0.3) is 0 Å². The van der Waals surface area contributed by atoms with Crippen molar-refractivity contribution in [1.29, 1.82) is 0 Å². The van der Waals surface area contributed by atoms with E-state index in [1.54, 1.807) is 0 Å². The van der Waals surface area contributed by atoms with Gasteiger partial charge in [0.15, 0.2) is 5.60 Å². The second kappa shape index (κ2) is 15.4. The number of nitrogens with one attached hydrogen (secondary N) is 1. The van der Waals surface area contributed by atoms with Gasteiger partial charge in [-0.2, -0.15) is 0 Å². The summed E-state index contributed by atoms with van der Waals surface area (Å²) in [7, 11) is 0. The molecule has 1 heterocycles. The van der Waals surface area contributed by atoms with Crippen LogP contribution in [0.4, 0.5) is 5.69 Å². The van der Waals surface area contributed by atoms with Crippen molar-refractivity contribution >= 4 is 17.6 Å². The van der Waals surface area contributed by atoms with Crippen molar-refractivity contribution in [3.05, 3.63) is 65.2 Å². The van der Waals surface area contributed by atoms with Crippen LogP contribution in [0.2, 0.25) is 0 Å². The Morgan fingerprint density at radius 2 is 1.68 bits per heavy atom. The van der Waals surface area contributed by atoms with Crippen LogP contribution in [-0.4, -0.2) is 46.8 Å². The van der Waals surface area contributed by atoms with Crippen LogP contribution in [0.25, 0.3) is 0 Å². The number of hydrogen-bond donors (Lipinski definition) is 3. The molecule has 0 spiro atoms. The van der Waals surface area contributed by atoms with Gasteiger partial charge >= 0.3 is 5.97 Å². The summed E-state index contributed by atoms with van der Waals surface area (Å²) in [6.07, 6.45) is 9.53. The highest BCUT2D eigenvalue weighted by Crippen LogP contribution is 2.29. The van der Waals surface area contributed by atoms with E-state index in [2.05, 4.69) is 54.4 Å². The van der Waals surface area contributed by atoms with Crippen molar-refractivity contribution < 1.29 is 19.8 Å². The van der Waals surface area contributed by atoms with E-state index in [0.717, 1.165) is 45.2 Å². The molecule has 1 saturated heterocycles. The molecule has 0 aliphatic carbocycles. The van der Waals surface area contributed by atoms with Crippen molar-refractivity contribution in [3.63, 3.8) is 0 Å². The monoisotopic (exact) mass is 510 g/mol. The summed E-state index contributed by atoms with van der Waals surface area (Å²) in [6.45, 7) is 9.19. The van der Waals surface area contributed by atoms with Gasteiger partial charge in [0.2, 0.25) is 5.91 Å². The first-order valence-electron chi connectivity index (χ1n) is 13.7. The lowest BCUT2D eigenvalue weighted by Crippen LogP contribution is -2.37. The molecule has 1 atom stereocenters. The highest BCUT2D eigenvalue weighted by molar-refractivity contribution is 5.76. The van der Waals surface area contributed by atoms with E-state index in [4.69, 9.17) is 10.2 Å². The smallest absolute Gasteiger partial charge is 0.335 e. The normalized spacial score (nSPS) is 14.4. The Labute approximate surface area is 223 Å². The van der Waals surface area contributed by atoms with E-state index in [1.165, 1.54) is 55.5 Å². The number of piperidine rings is 1. The number of amides is 1. The maximum atomic E-state index is 12.7. The van der Waals surface area contributed by atoms with Crippen LogP contribution in [0, 0.1) is 6.92 Å². The fraction of sp³-hybridized carbons (Fsp3) is 0.548. The zero-order chi connectivity index (χ0) is 27.3. The summed E-state index contributed by atoms with van der Waals surface area (Å²) in [5.41, 5.74) is 3.81. The minimum atomic E-state index is -1.58. The number of carbonyl (C=O) groups is 2. The summed E-state index contributed by atoms with van der Waals surface area (Å²) in [6, 6.07) is 17.2. The molecule has 0 radical (unpaired) electrons. The van der Waals surface area contributed by atoms with Crippen LogP contribution >= 0.6 is 0 Å². The van der Waals surface area contributed by atoms with Crippen LogP contribution in [0.3, 0.4) is 0 Å². The molecular weight excluding hydrogens is 464 g/mol. The molecular formula is C31H46N2O4. The third-order valence-corrected chi connectivity index (χ3v) is 6.74. The number of rotatable bonds is 11. The van der Waals surface area contributed by atoms with Crippen molar-refractivity contribution in [3.8, 4) is 0 Å². The summed E-state index contributed by atoms with van der Waals surface area (Å²) in [4.78, 5) is 25.1. The minimum Gasteiger partial charge on any atom is -0.479 e. The Kier molecular flexibility index (Phi) is 12.6. The van der Waals surface area contributed by atoms with E-state index in [0.29, 0.717) is 6.42 Å². The van der Waals surface area contributed by atoms with Crippen molar-refractivity contribution in [2.24, 2.45) is 0 Å². The molecule has 6 nitrogen and oxygen atoms in total. The molecule has 0 bridgehead atoms. The first kappa shape index (κ1) is 30.4. The number of hydrogen-bond acceptors (Lipinski definition) is 4. The highest BCUT2D eigenvalue weighted by atomic mass is 16.4. The van der Waals surface area contributed by atoms with Gasteiger partial charge in [0, 0.05) is 31.2 Å². The quantitative estimate of drug-likeness (QED) is 0.362. The number of aryl methyl sites for hydroxylation is 2. The lowest BCUT2D eigenvalue weighted by atomic mass is 9.95. The van der Waals surface area contributed by atoms with E-state index in [-0.39, 0.29) is 11.9 Å². The molecule has 3 rings (SSSR count). The van der Waals surface area contributed by atoms with Crippen molar-refractivity contribution in [2.75, 3.05) is 18.0 Å². The molecule has 3 N–H and O–H groups in total. The first-order chi connectivity index (χ1) is 17.6. The average molecular weight is 511 g/mol. The van der Waals surface area contributed by atoms with E-state index in [9.17, 15) is 9.59 Å². The maximum absolute atomic E-state index is 12.7. The fourth-order valence-corrected chi connectivity index (χ4v) is 4.60. The molecule has 2 aromatic rings. The van der Waals surface area contributed by atoms with Crippen molar-refractivity contribution in [1.82, 2.24) is 5.32 Å². The van der Waals surface area contributed by atoms with Crippen LogP contribution in [0.5, 0.6) is 0 Å². The highest BCUT2D eigenvalue weighted by Gasteiger charge is 2.22. The van der Waals surface area contributed by atoms with Crippen LogP contribution in [0.1, 0.15) is 82.4 Å². The Hall–Kier alpha value is -2.86. The summed E-state index contributed by atoms with van der Waals surface area (Å²) < 4.78 is 0. The number of benzene rings is 2. The second-order valence-corrected chi connectivity index (χ2v) is 10.6. The largest absolute Gasteiger partial charge is 0.479 e. The van der Waals surface area contributed by atoms with E-state index in [1.807, 2.05) is 18.2 Å². The molecule has 1 aliphatic heterocycles. The Balaban J connectivity index is 0.000000604. The van der Waals surface area contributed by atoms with Gasteiger partial charge in [-0.05, 0) is 76.0 Å². The van der Waals surface area contributed by atoms with Crippen LogP contribution < -0.4 is 10.2 Å². The SMILES string of the molecule is CC(C)(O)C(=O)O.CCCCC(Cc1cccc(C)c1N1CCCCC1)NC(=O)CCc1ccccc1. The topological polar surface area (TPSA) is 89.9 Å². The predicted octanol–water partition coefficient (Wildman–Crippen LogP) is 5.68.